The van der Waals surface area contributed by atoms with Crippen LogP contribution in [0.3, 0.4) is 0 Å². The molecule has 2 rings (SSSR count). The van der Waals surface area contributed by atoms with E-state index in [0.717, 1.165) is 62.1 Å². The summed E-state index contributed by atoms with van der Waals surface area (Å²) in [5, 5.41) is 31.2. The third-order valence-corrected chi connectivity index (χ3v) is 13.8. The van der Waals surface area contributed by atoms with Gasteiger partial charge in [-0.3, -0.25) is 23.2 Å². The average molecular weight is 1040 g/mol. The molecule has 0 saturated carbocycles. The van der Waals surface area contributed by atoms with E-state index in [1.54, 1.807) is 12.2 Å². The number of phosphoric ester groups is 2. The summed E-state index contributed by atoms with van der Waals surface area (Å²) in [6, 6.07) is 1.24. The normalized spacial score (nSPS) is 20.1. The molecule has 3 unspecified atom stereocenters. The molecule has 1 fully saturated rings. The second-order valence-electron chi connectivity index (χ2n) is 17.5. The first-order valence-electron chi connectivity index (χ1n) is 25.4. The quantitative estimate of drug-likeness (QED) is 0.0117. The van der Waals surface area contributed by atoms with Gasteiger partial charge in [0.05, 0.1) is 19.3 Å². The molecule has 0 bridgehead atoms. The van der Waals surface area contributed by atoms with Gasteiger partial charge in [0.1, 0.15) is 30.7 Å². The second-order valence-corrected chi connectivity index (χ2v) is 20.5. The summed E-state index contributed by atoms with van der Waals surface area (Å²) in [5.41, 5.74) is 4.57. The fraction of sp³-hybridized carbons (Fsp3) is 0.680. The Morgan fingerprint density at radius 1 is 0.746 bits per heavy atom. The lowest BCUT2D eigenvalue weighted by Gasteiger charge is -2.21. The van der Waals surface area contributed by atoms with Crippen LogP contribution in [0.5, 0.6) is 0 Å². The summed E-state index contributed by atoms with van der Waals surface area (Å²) < 4.78 is 56.6. The lowest BCUT2D eigenvalue weighted by atomic mass is 10.0. The van der Waals surface area contributed by atoms with Gasteiger partial charge in [0, 0.05) is 19.0 Å². The number of aliphatic hydroxyl groups excluding tert-OH is 3. The zero-order chi connectivity index (χ0) is 52.2. The molecule has 19 nitrogen and oxygen atoms in total. The third kappa shape index (κ3) is 30.9. The summed E-state index contributed by atoms with van der Waals surface area (Å²) in [6.07, 6.45) is 33.3. The first-order valence-corrected chi connectivity index (χ1v) is 28.4. The molecule has 1 saturated heterocycles. The van der Waals surface area contributed by atoms with Gasteiger partial charge in [-0.25, -0.2) is 13.9 Å². The Kier molecular flexibility index (Phi) is 34.1. The molecule has 7 N–H and O–H groups in total. The van der Waals surface area contributed by atoms with Crippen molar-refractivity contribution in [2.24, 2.45) is 0 Å². The largest absolute Gasteiger partial charge is 0.481 e. The molecule has 0 amide bonds. The molecule has 0 aliphatic carbocycles. The van der Waals surface area contributed by atoms with Crippen LogP contribution in [0.2, 0.25) is 0 Å². The molecule has 0 aromatic carbocycles. The van der Waals surface area contributed by atoms with Crippen LogP contribution in [0.25, 0.3) is 0 Å². The smallest absolute Gasteiger partial charge is 0.462 e. The van der Waals surface area contributed by atoms with E-state index in [9.17, 15) is 48.6 Å². The standard InChI is InChI=1S/C50H83N3O16P2/c1-3-5-7-9-11-13-15-17-18-20-22-24-26-28-30-34-46(56)67-42(38-64-45(55)35-31-33-41(54)32-29-27-25-23-21-19-16-14-12-10-8-6-4-2)39-65-70(60,61)69-71(62,63)66-40-43-47(57)48(58)49(68-43)53-37-36-44(51)52-50(53)59/h6,8,12,14,19,21,25,27,29,32,36-37,41-43,47-49,54,57-58H,3-5,7,9-11,13,15-18,20,22-24,26,28,30-31,33-35,38-40H2,1-2H3,(H,60,61)(H,62,63)(H2,51,52,59)/b8-6-,14-12-,21-19-,27-25-,32-29+/t41?,42-,43-,47-,48-,49-/m1/s1. The van der Waals surface area contributed by atoms with E-state index in [-0.39, 0.29) is 31.5 Å². The van der Waals surface area contributed by atoms with Crippen molar-refractivity contribution < 1.29 is 71.4 Å². The summed E-state index contributed by atoms with van der Waals surface area (Å²) in [4.78, 5) is 61.9. The van der Waals surface area contributed by atoms with E-state index >= 15 is 0 Å². The Morgan fingerprint density at radius 2 is 1.30 bits per heavy atom. The highest BCUT2D eigenvalue weighted by atomic mass is 31.3. The molecule has 21 heteroatoms. The first kappa shape index (κ1) is 63.5. The van der Waals surface area contributed by atoms with Crippen LogP contribution in [0.1, 0.15) is 168 Å². The van der Waals surface area contributed by atoms with Crippen LogP contribution < -0.4 is 11.4 Å². The Morgan fingerprint density at radius 3 is 1.89 bits per heavy atom. The summed E-state index contributed by atoms with van der Waals surface area (Å²) in [6.45, 7) is 1.85. The lowest BCUT2D eigenvalue weighted by Crippen LogP contribution is -2.36. The number of allylic oxidation sites excluding steroid dienone is 9. The van der Waals surface area contributed by atoms with Crippen LogP contribution >= 0.6 is 15.6 Å². The number of carbonyl (C=O) groups excluding carboxylic acids is 2. The van der Waals surface area contributed by atoms with Crippen molar-refractivity contribution in [1.82, 2.24) is 9.55 Å². The number of rotatable bonds is 41. The Bertz CT molecular complexity index is 1940. The van der Waals surface area contributed by atoms with Gasteiger partial charge in [-0.2, -0.15) is 9.29 Å². The number of hydrogen-bond acceptors (Lipinski definition) is 16. The molecular weight excluding hydrogens is 961 g/mol. The number of aromatic nitrogens is 2. The van der Waals surface area contributed by atoms with Crippen molar-refractivity contribution >= 4 is 33.4 Å². The maximum absolute atomic E-state index is 12.9. The van der Waals surface area contributed by atoms with E-state index in [4.69, 9.17) is 29.0 Å². The summed E-state index contributed by atoms with van der Waals surface area (Å²) in [5.74, 6) is -1.51. The van der Waals surface area contributed by atoms with Gasteiger partial charge < -0.3 is 45.1 Å². The van der Waals surface area contributed by atoms with Gasteiger partial charge in [0.15, 0.2) is 12.3 Å². The van der Waals surface area contributed by atoms with Crippen molar-refractivity contribution in [3.63, 3.8) is 0 Å². The van der Waals surface area contributed by atoms with Gasteiger partial charge in [-0.15, -0.1) is 0 Å². The molecular formula is C50H83N3O16P2. The number of hydrogen-bond donors (Lipinski definition) is 6. The molecule has 1 aromatic rings. The molecule has 1 aromatic heterocycles. The minimum Gasteiger partial charge on any atom is -0.462 e. The van der Waals surface area contributed by atoms with Gasteiger partial charge in [-0.1, -0.05) is 164 Å². The maximum Gasteiger partial charge on any atom is 0.481 e. The SMILES string of the molecule is CC/C=C\C/C=C\C/C=C\C/C=C\C=C\C(O)CCCC(=O)OC[C@H](COP(=O)(O)OP(=O)(O)OC[C@H]1O[C@@H](n2ccc(N)nc2=O)[C@H](O)[C@@H]1O)OC(=O)CCCCCCCCCCCCCCCCC. The number of aliphatic hydroxyl groups is 3. The first-order chi connectivity index (χ1) is 34.1. The Labute approximate surface area is 420 Å². The lowest BCUT2D eigenvalue weighted by molar-refractivity contribution is -0.161. The van der Waals surface area contributed by atoms with E-state index < -0.39 is 89.8 Å². The fourth-order valence-electron chi connectivity index (χ4n) is 7.28. The number of nitrogens with zero attached hydrogens (tertiary/aromatic N) is 2. The number of anilines is 1. The maximum atomic E-state index is 12.9. The van der Waals surface area contributed by atoms with E-state index in [0.29, 0.717) is 6.42 Å². The van der Waals surface area contributed by atoms with E-state index in [2.05, 4.69) is 59.6 Å². The molecule has 2 heterocycles. The highest BCUT2D eigenvalue weighted by Gasteiger charge is 2.46. The van der Waals surface area contributed by atoms with Gasteiger partial charge in [0.25, 0.3) is 0 Å². The van der Waals surface area contributed by atoms with Crippen molar-refractivity contribution in [3.8, 4) is 0 Å². The number of esters is 2. The summed E-state index contributed by atoms with van der Waals surface area (Å²) >= 11 is 0. The van der Waals surface area contributed by atoms with Crippen LogP contribution in [0, 0.1) is 0 Å². The van der Waals surface area contributed by atoms with Crippen LogP contribution in [0.4, 0.5) is 5.82 Å². The average Bonchev–Trinajstić information content (AvgIpc) is 3.60. The number of ether oxygens (including phenoxy) is 3. The van der Waals surface area contributed by atoms with Gasteiger partial charge in [-0.05, 0) is 51.0 Å². The molecule has 0 spiro atoms. The molecule has 1 aliphatic heterocycles. The Balaban J connectivity index is 1.85. The number of unbranched alkanes of at least 4 members (excludes halogenated alkanes) is 14. The van der Waals surface area contributed by atoms with Crippen molar-refractivity contribution in [2.45, 2.75) is 198 Å². The number of nitrogen functional groups attached to an aromatic ring is 1. The fourth-order valence-corrected chi connectivity index (χ4v) is 9.39. The van der Waals surface area contributed by atoms with Crippen molar-refractivity contribution in [1.29, 1.82) is 0 Å². The predicted octanol–water partition coefficient (Wildman–Crippen LogP) is 9.30. The highest BCUT2D eigenvalue weighted by Crippen LogP contribution is 2.60. The number of nitrogens with two attached hydrogens (primary N) is 1. The van der Waals surface area contributed by atoms with Crippen LogP contribution in [0.15, 0.2) is 77.8 Å². The van der Waals surface area contributed by atoms with Crippen molar-refractivity contribution in [2.75, 3.05) is 25.6 Å². The number of phosphoric acid groups is 2. The van der Waals surface area contributed by atoms with E-state index in [1.807, 2.05) is 12.2 Å². The molecule has 71 heavy (non-hydrogen) atoms. The summed E-state index contributed by atoms with van der Waals surface area (Å²) in [7, 11) is -10.9. The predicted molar refractivity (Wildman–Crippen MR) is 272 cm³/mol. The minimum atomic E-state index is -5.46. The molecule has 404 valence electrons. The zero-order valence-electron chi connectivity index (χ0n) is 41.9. The van der Waals surface area contributed by atoms with Crippen LogP contribution in [-0.4, -0.2) is 96.9 Å². The second kappa shape index (κ2) is 38.1. The van der Waals surface area contributed by atoms with Crippen LogP contribution in [-0.2, 0) is 46.3 Å². The van der Waals surface area contributed by atoms with Gasteiger partial charge in [0.2, 0.25) is 0 Å². The van der Waals surface area contributed by atoms with E-state index in [1.165, 1.54) is 70.3 Å². The highest BCUT2D eigenvalue weighted by molar-refractivity contribution is 7.61. The topological polar surface area (TPSA) is 286 Å². The van der Waals surface area contributed by atoms with Crippen molar-refractivity contribution in [3.05, 3.63) is 83.5 Å². The Hall–Kier alpha value is -3.58. The molecule has 1 aliphatic rings. The molecule has 0 radical (unpaired) electrons. The monoisotopic (exact) mass is 1040 g/mol. The molecule has 8 atom stereocenters. The zero-order valence-corrected chi connectivity index (χ0v) is 43.7. The third-order valence-electron chi connectivity index (χ3n) is 11.2. The minimum absolute atomic E-state index is 0.0100. The number of carbonyl (C=O) groups is 2. The van der Waals surface area contributed by atoms with Gasteiger partial charge >= 0.3 is 33.3 Å².